The largest absolute Gasteiger partial charge is 0.481 e. The van der Waals surface area contributed by atoms with E-state index >= 15 is 0 Å². The zero-order valence-electron chi connectivity index (χ0n) is 11.6. The van der Waals surface area contributed by atoms with Crippen molar-refractivity contribution in [3.05, 3.63) is 35.4 Å². The zero-order valence-corrected chi connectivity index (χ0v) is 11.6. The maximum atomic E-state index is 12.3. The summed E-state index contributed by atoms with van der Waals surface area (Å²) in [4.78, 5) is 24.6. The highest BCUT2D eigenvalue weighted by Gasteiger charge is 2.16. The highest BCUT2D eigenvalue weighted by Crippen LogP contribution is 2.09. The van der Waals surface area contributed by atoms with E-state index in [0.29, 0.717) is 12.1 Å². The summed E-state index contributed by atoms with van der Waals surface area (Å²) in [6.45, 7) is 4.86. The molecule has 1 rings (SSSR count). The van der Waals surface area contributed by atoms with Gasteiger partial charge in [-0.2, -0.15) is 0 Å². The Morgan fingerprint density at radius 1 is 1.26 bits per heavy atom. The van der Waals surface area contributed by atoms with E-state index in [-0.39, 0.29) is 18.9 Å². The van der Waals surface area contributed by atoms with E-state index in [1.807, 2.05) is 32.0 Å². The van der Waals surface area contributed by atoms with E-state index in [9.17, 15) is 9.59 Å². The molecule has 0 aliphatic rings. The second kappa shape index (κ2) is 7.56. The predicted molar refractivity (Wildman–Crippen MR) is 74.2 cm³/mol. The van der Waals surface area contributed by atoms with Gasteiger partial charge < -0.3 is 10.0 Å². The maximum Gasteiger partial charge on any atom is 0.305 e. The standard InChI is InChI=1S/C15H21NO3/c1-3-4-9-16(10-8-14(17)18)15(19)13-7-5-6-12(2)11-13/h5-7,11H,3-4,8-10H2,1-2H3,(H,17,18). The fourth-order valence-corrected chi connectivity index (χ4v) is 1.86. The fourth-order valence-electron chi connectivity index (χ4n) is 1.86. The van der Waals surface area contributed by atoms with Gasteiger partial charge in [-0.1, -0.05) is 31.0 Å². The van der Waals surface area contributed by atoms with Gasteiger partial charge in [0.1, 0.15) is 0 Å². The van der Waals surface area contributed by atoms with Gasteiger partial charge in [-0.25, -0.2) is 0 Å². The number of carbonyl (C=O) groups excluding carboxylic acids is 1. The normalized spacial score (nSPS) is 10.2. The summed E-state index contributed by atoms with van der Waals surface area (Å²) in [5.41, 5.74) is 1.65. The number of hydrogen-bond acceptors (Lipinski definition) is 2. The van der Waals surface area contributed by atoms with Gasteiger partial charge in [-0.05, 0) is 25.5 Å². The molecule has 0 saturated heterocycles. The number of amides is 1. The molecule has 0 radical (unpaired) electrons. The molecule has 0 aliphatic heterocycles. The molecule has 1 N–H and O–H groups in total. The molecule has 1 amide bonds. The highest BCUT2D eigenvalue weighted by atomic mass is 16.4. The number of unbranched alkanes of at least 4 members (excludes halogenated alkanes) is 1. The third kappa shape index (κ3) is 5.12. The Kier molecular flexibility index (Phi) is 6.06. The minimum atomic E-state index is -0.876. The summed E-state index contributed by atoms with van der Waals surface area (Å²) < 4.78 is 0. The minimum Gasteiger partial charge on any atom is -0.481 e. The van der Waals surface area contributed by atoms with Crippen LogP contribution in [0.5, 0.6) is 0 Å². The zero-order chi connectivity index (χ0) is 14.3. The molecule has 0 spiro atoms. The van der Waals surface area contributed by atoms with Crippen molar-refractivity contribution in [3.8, 4) is 0 Å². The first-order valence-electron chi connectivity index (χ1n) is 6.62. The first-order chi connectivity index (χ1) is 9.04. The maximum absolute atomic E-state index is 12.3. The molecule has 1 aromatic rings. The Labute approximate surface area is 114 Å². The van der Waals surface area contributed by atoms with E-state index in [1.54, 1.807) is 11.0 Å². The molecular formula is C15H21NO3. The second-order valence-electron chi connectivity index (χ2n) is 4.66. The summed E-state index contributed by atoms with van der Waals surface area (Å²) in [5, 5.41) is 8.75. The first-order valence-corrected chi connectivity index (χ1v) is 6.62. The number of carboxylic acid groups (broad SMARTS) is 1. The number of carbonyl (C=O) groups is 2. The SMILES string of the molecule is CCCCN(CCC(=O)O)C(=O)c1cccc(C)c1. The van der Waals surface area contributed by atoms with Gasteiger partial charge in [0.15, 0.2) is 0 Å². The molecule has 0 heterocycles. The van der Waals surface area contributed by atoms with Crippen LogP contribution in [0, 0.1) is 6.92 Å². The summed E-state index contributed by atoms with van der Waals surface area (Å²) in [6.07, 6.45) is 1.85. The third-order valence-electron chi connectivity index (χ3n) is 2.93. The van der Waals surface area contributed by atoms with Crippen LogP contribution in [-0.2, 0) is 4.79 Å². The van der Waals surface area contributed by atoms with Crippen molar-refractivity contribution in [2.45, 2.75) is 33.1 Å². The van der Waals surface area contributed by atoms with Crippen LogP contribution in [0.1, 0.15) is 42.1 Å². The average Bonchev–Trinajstić information content (AvgIpc) is 2.38. The molecule has 0 aliphatic carbocycles. The number of aliphatic carboxylic acids is 1. The molecule has 19 heavy (non-hydrogen) atoms. The summed E-state index contributed by atoms with van der Waals surface area (Å²) >= 11 is 0. The van der Waals surface area contributed by atoms with Crippen molar-refractivity contribution >= 4 is 11.9 Å². The Morgan fingerprint density at radius 3 is 2.58 bits per heavy atom. The van der Waals surface area contributed by atoms with Crippen molar-refractivity contribution in [2.24, 2.45) is 0 Å². The Morgan fingerprint density at radius 2 is 2.00 bits per heavy atom. The molecule has 0 saturated carbocycles. The molecule has 0 unspecified atom stereocenters. The second-order valence-corrected chi connectivity index (χ2v) is 4.66. The van der Waals surface area contributed by atoms with Gasteiger partial charge in [0.25, 0.3) is 5.91 Å². The van der Waals surface area contributed by atoms with Gasteiger partial charge in [-0.3, -0.25) is 9.59 Å². The molecule has 4 nitrogen and oxygen atoms in total. The van der Waals surface area contributed by atoms with Crippen molar-refractivity contribution < 1.29 is 14.7 Å². The molecule has 0 atom stereocenters. The van der Waals surface area contributed by atoms with Crippen LogP contribution in [-0.4, -0.2) is 35.0 Å². The quantitative estimate of drug-likeness (QED) is 0.823. The Balaban J connectivity index is 2.77. The smallest absolute Gasteiger partial charge is 0.305 e. The van der Waals surface area contributed by atoms with Crippen molar-refractivity contribution in [1.82, 2.24) is 4.90 Å². The summed E-state index contributed by atoms with van der Waals surface area (Å²) in [6, 6.07) is 7.39. The summed E-state index contributed by atoms with van der Waals surface area (Å²) in [5.74, 6) is -0.961. The van der Waals surface area contributed by atoms with Gasteiger partial charge >= 0.3 is 5.97 Å². The van der Waals surface area contributed by atoms with Crippen molar-refractivity contribution in [3.63, 3.8) is 0 Å². The Hall–Kier alpha value is -1.84. The van der Waals surface area contributed by atoms with Gasteiger partial charge in [0.05, 0.1) is 6.42 Å². The molecule has 104 valence electrons. The van der Waals surface area contributed by atoms with E-state index in [2.05, 4.69) is 0 Å². The number of hydrogen-bond donors (Lipinski definition) is 1. The fraction of sp³-hybridized carbons (Fsp3) is 0.467. The summed E-state index contributed by atoms with van der Waals surface area (Å²) in [7, 11) is 0. The molecule has 4 heteroatoms. The van der Waals surface area contributed by atoms with Crippen LogP contribution in [0.4, 0.5) is 0 Å². The lowest BCUT2D eigenvalue weighted by Gasteiger charge is -2.22. The topological polar surface area (TPSA) is 57.6 Å². The van der Waals surface area contributed by atoms with Crippen LogP contribution in [0.25, 0.3) is 0 Å². The lowest BCUT2D eigenvalue weighted by Crippen LogP contribution is -2.34. The van der Waals surface area contributed by atoms with E-state index < -0.39 is 5.97 Å². The van der Waals surface area contributed by atoms with Gasteiger partial charge in [0, 0.05) is 18.7 Å². The number of aryl methyl sites for hydroxylation is 1. The molecule has 0 bridgehead atoms. The number of rotatable bonds is 7. The van der Waals surface area contributed by atoms with Crippen LogP contribution >= 0.6 is 0 Å². The Bertz CT molecular complexity index is 443. The first kappa shape index (κ1) is 15.2. The van der Waals surface area contributed by atoms with Crippen LogP contribution < -0.4 is 0 Å². The van der Waals surface area contributed by atoms with E-state index in [0.717, 1.165) is 18.4 Å². The highest BCUT2D eigenvalue weighted by molar-refractivity contribution is 5.94. The lowest BCUT2D eigenvalue weighted by atomic mass is 10.1. The third-order valence-corrected chi connectivity index (χ3v) is 2.93. The molecular weight excluding hydrogens is 242 g/mol. The predicted octanol–water partition coefficient (Wildman–Crippen LogP) is 2.71. The molecule has 0 fully saturated rings. The van der Waals surface area contributed by atoms with Crippen molar-refractivity contribution in [2.75, 3.05) is 13.1 Å². The van der Waals surface area contributed by atoms with E-state index in [4.69, 9.17) is 5.11 Å². The number of benzene rings is 1. The lowest BCUT2D eigenvalue weighted by molar-refractivity contribution is -0.137. The van der Waals surface area contributed by atoms with E-state index in [1.165, 1.54) is 0 Å². The molecule has 0 aromatic heterocycles. The van der Waals surface area contributed by atoms with Gasteiger partial charge in [-0.15, -0.1) is 0 Å². The van der Waals surface area contributed by atoms with Crippen LogP contribution in [0.3, 0.4) is 0 Å². The molecule has 1 aromatic carbocycles. The van der Waals surface area contributed by atoms with Gasteiger partial charge in [0.2, 0.25) is 0 Å². The minimum absolute atomic E-state index is 0.0126. The number of carboxylic acids is 1. The van der Waals surface area contributed by atoms with Crippen molar-refractivity contribution in [1.29, 1.82) is 0 Å². The monoisotopic (exact) mass is 263 g/mol. The van der Waals surface area contributed by atoms with Crippen LogP contribution in [0.2, 0.25) is 0 Å². The number of nitrogens with zero attached hydrogens (tertiary/aromatic N) is 1. The van der Waals surface area contributed by atoms with Crippen LogP contribution in [0.15, 0.2) is 24.3 Å². The average molecular weight is 263 g/mol.